The largest absolute Gasteiger partial charge is 0.481 e. The van der Waals surface area contributed by atoms with Crippen LogP contribution >= 0.6 is 0 Å². The lowest BCUT2D eigenvalue weighted by Crippen LogP contribution is -2.21. The zero-order valence-electron chi connectivity index (χ0n) is 11.8. The van der Waals surface area contributed by atoms with E-state index in [1.807, 2.05) is 0 Å². The molecule has 0 radical (unpaired) electrons. The molecular weight excluding hydrogens is 273 g/mol. The van der Waals surface area contributed by atoms with E-state index in [9.17, 15) is 14.0 Å². The number of hydrogen-bond donors (Lipinski definition) is 2. The number of carbonyl (C=O) groups is 2. The number of halogens is 1. The smallest absolute Gasteiger partial charge is 0.303 e. The minimum Gasteiger partial charge on any atom is -0.481 e. The van der Waals surface area contributed by atoms with Gasteiger partial charge in [0.2, 0.25) is 5.91 Å². The summed E-state index contributed by atoms with van der Waals surface area (Å²) in [6, 6.07) is 6.24. The monoisotopic (exact) mass is 293 g/mol. The van der Waals surface area contributed by atoms with Crippen molar-refractivity contribution in [3.05, 3.63) is 41.7 Å². The number of nitrogens with one attached hydrogen (secondary N) is 1. The van der Waals surface area contributed by atoms with Crippen molar-refractivity contribution in [1.82, 2.24) is 5.32 Å². The molecule has 2 N–H and O–H groups in total. The summed E-state index contributed by atoms with van der Waals surface area (Å²) in [5.41, 5.74) is 0.376. The van der Waals surface area contributed by atoms with E-state index in [1.54, 1.807) is 18.2 Å². The van der Waals surface area contributed by atoms with Crippen molar-refractivity contribution < 1.29 is 19.1 Å². The fourth-order valence-electron chi connectivity index (χ4n) is 1.80. The van der Waals surface area contributed by atoms with Gasteiger partial charge in [0.05, 0.1) is 0 Å². The van der Waals surface area contributed by atoms with Gasteiger partial charge in [-0.1, -0.05) is 31.0 Å². The van der Waals surface area contributed by atoms with Crippen LogP contribution in [0.3, 0.4) is 0 Å². The van der Waals surface area contributed by atoms with E-state index in [0.29, 0.717) is 18.5 Å². The number of carboxylic acid groups (broad SMARTS) is 1. The number of rotatable bonds is 9. The minimum atomic E-state index is -0.776. The van der Waals surface area contributed by atoms with Crippen molar-refractivity contribution in [2.24, 2.45) is 0 Å². The van der Waals surface area contributed by atoms with Gasteiger partial charge in [0, 0.05) is 24.6 Å². The summed E-state index contributed by atoms with van der Waals surface area (Å²) >= 11 is 0. The van der Waals surface area contributed by atoms with Crippen LogP contribution in [0.1, 0.15) is 37.7 Å². The maximum Gasteiger partial charge on any atom is 0.303 e. The zero-order chi connectivity index (χ0) is 15.5. The van der Waals surface area contributed by atoms with E-state index in [2.05, 4.69) is 5.32 Å². The minimum absolute atomic E-state index is 0.192. The molecule has 0 atom stereocenters. The summed E-state index contributed by atoms with van der Waals surface area (Å²) in [6.45, 7) is 0.535. The van der Waals surface area contributed by atoms with Crippen LogP contribution in [0.15, 0.2) is 30.3 Å². The molecule has 0 heterocycles. The molecule has 0 bridgehead atoms. The van der Waals surface area contributed by atoms with Crippen LogP contribution in [0.4, 0.5) is 4.39 Å². The standard InChI is InChI=1S/C16H20FNO3/c17-14-8-5-4-7-13(14)10-11-15(19)18-12-6-2-1-3-9-16(20)21/h4-5,7-8,10-11H,1-3,6,9,12H2,(H,18,19)(H,20,21)/b11-10+. The molecule has 1 rings (SSSR count). The van der Waals surface area contributed by atoms with Crippen molar-refractivity contribution >= 4 is 18.0 Å². The first kappa shape index (κ1) is 16.9. The van der Waals surface area contributed by atoms with Crippen LogP contribution in [0, 0.1) is 5.82 Å². The first-order valence-electron chi connectivity index (χ1n) is 7.02. The Morgan fingerprint density at radius 3 is 2.57 bits per heavy atom. The molecule has 0 unspecified atom stereocenters. The van der Waals surface area contributed by atoms with Crippen LogP contribution in [-0.2, 0) is 9.59 Å². The summed E-state index contributed by atoms with van der Waals surface area (Å²) in [5.74, 6) is -1.40. The van der Waals surface area contributed by atoms with Gasteiger partial charge in [-0.2, -0.15) is 0 Å². The number of unbranched alkanes of at least 4 members (excludes halogenated alkanes) is 3. The predicted octanol–water partition coefficient (Wildman–Crippen LogP) is 2.99. The van der Waals surface area contributed by atoms with Crippen molar-refractivity contribution in [1.29, 1.82) is 0 Å². The summed E-state index contributed by atoms with van der Waals surface area (Å²) in [4.78, 5) is 21.8. The van der Waals surface area contributed by atoms with Crippen molar-refractivity contribution in [2.45, 2.75) is 32.1 Å². The summed E-state index contributed by atoms with van der Waals surface area (Å²) in [6.07, 6.45) is 6.13. The highest BCUT2D eigenvalue weighted by atomic mass is 19.1. The fraction of sp³-hybridized carbons (Fsp3) is 0.375. The van der Waals surface area contributed by atoms with Crippen LogP contribution in [0.25, 0.3) is 6.08 Å². The Bertz CT molecular complexity index is 500. The fourth-order valence-corrected chi connectivity index (χ4v) is 1.80. The second-order valence-corrected chi connectivity index (χ2v) is 4.70. The topological polar surface area (TPSA) is 66.4 Å². The van der Waals surface area contributed by atoms with E-state index in [1.165, 1.54) is 18.2 Å². The molecule has 1 aromatic rings. The van der Waals surface area contributed by atoms with Gasteiger partial charge in [-0.3, -0.25) is 9.59 Å². The quantitative estimate of drug-likeness (QED) is 0.543. The maximum atomic E-state index is 13.3. The summed E-state index contributed by atoms with van der Waals surface area (Å²) in [7, 11) is 0. The highest BCUT2D eigenvalue weighted by molar-refractivity contribution is 5.91. The van der Waals surface area contributed by atoms with Crippen molar-refractivity contribution in [2.75, 3.05) is 6.54 Å². The van der Waals surface area contributed by atoms with Crippen LogP contribution in [-0.4, -0.2) is 23.5 Å². The van der Waals surface area contributed by atoms with Gasteiger partial charge in [0.1, 0.15) is 5.82 Å². The SMILES string of the molecule is O=C(O)CCCCCCNC(=O)/C=C/c1ccccc1F. The third kappa shape index (κ3) is 7.87. The van der Waals surface area contributed by atoms with Crippen LogP contribution < -0.4 is 5.32 Å². The number of carboxylic acids is 1. The molecule has 0 fully saturated rings. The number of hydrogen-bond acceptors (Lipinski definition) is 2. The van der Waals surface area contributed by atoms with Crippen molar-refractivity contribution in [3.8, 4) is 0 Å². The molecule has 0 saturated carbocycles. The van der Waals surface area contributed by atoms with E-state index in [4.69, 9.17) is 5.11 Å². The third-order valence-corrected chi connectivity index (χ3v) is 2.94. The Labute approximate surface area is 123 Å². The first-order valence-corrected chi connectivity index (χ1v) is 7.02. The Hall–Kier alpha value is -2.17. The van der Waals surface area contributed by atoms with Gasteiger partial charge < -0.3 is 10.4 Å². The summed E-state index contributed by atoms with van der Waals surface area (Å²) < 4.78 is 13.3. The first-order chi connectivity index (χ1) is 10.1. The Kier molecular flexibility index (Phi) is 7.79. The molecule has 0 saturated heterocycles. The summed E-state index contributed by atoms with van der Waals surface area (Å²) in [5, 5.41) is 11.2. The van der Waals surface area contributed by atoms with E-state index in [0.717, 1.165) is 19.3 Å². The molecule has 0 aliphatic rings. The van der Waals surface area contributed by atoms with Gasteiger partial charge >= 0.3 is 5.97 Å². The van der Waals surface area contributed by atoms with Gasteiger partial charge in [-0.15, -0.1) is 0 Å². The molecule has 1 aromatic carbocycles. The highest BCUT2D eigenvalue weighted by Gasteiger charge is 1.99. The second-order valence-electron chi connectivity index (χ2n) is 4.70. The lowest BCUT2D eigenvalue weighted by Gasteiger charge is -2.02. The number of benzene rings is 1. The van der Waals surface area contributed by atoms with E-state index < -0.39 is 5.97 Å². The molecule has 114 valence electrons. The zero-order valence-corrected chi connectivity index (χ0v) is 11.8. The lowest BCUT2D eigenvalue weighted by molar-refractivity contribution is -0.137. The van der Waals surface area contributed by atoms with Gasteiger partial charge in [-0.25, -0.2) is 4.39 Å². The van der Waals surface area contributed by atoms with Crippen molar-refractivity contribution in [3.63, 3.8) is 0 Å². The van der Waals surface area contributed by atoms with Gasteiger partial charge in [-0.05, 0) is 25.0 Å². The Morgan fingerprint density at radius 1 is 1.14 bits per heavy atom. The Balaban J connectivity index is 2.14. The number of aliphatic carboxylic acids is 1. The average Bonchev–Trinajstić information content (AvgIpc) is 2.45. The molecule has 0 aliphatic carbocycles. The predicted molar refractivity (Wildman–Crippen MR) is 79.2 cm³/mol. The van der Waals surface area contributed by atoms with E-state index in [-0.39, 0.29) is 18.1 Å². The van der Waals surface area contributed by atoms with Gasteiger partial charge in [0.15, 0.2) is 0 Å². The molecule has 0 spiro atoms. The second kappa shape index (κ2) is 9.69. The third-order valence-electron chi connectivity index (χ3n) is 2.94. The molecule has 21 heavy (non-hydrogen) atoms. The molecule has 1 amide bonds. The van der Waals surface area contributed by atoms with E-state index >= 15 is 0 Å². The average molecular weight is 293 g/mol. The molecule has 0 aromatic heterocycles. The maximum absolute atomic E-state index is 13.3. The highest BCUT2D eigenvalue weighted by Crippen LogP contribution is 2.07. The Morgan fingerprint density at radius 2 is 1.86 bits per heavy atom. The van der Waals surface area contributed by atoms with Crippen LogP contribution in [0.2, 0.25) is 0 Å². The normalized spacial score (nSPS) is 10.7. The molecule has 4 nitrogen and oxygen atoms in total. The molecule has 0 aliphatic heterocycles. The number of carbonyl (C=O) groups excluding carboxylic acids is 1. The lowest BCUT2D eigenvalue weighted by atomic mass is 10.1. The number of amides is 1. The molecule has 5 heteroatoms. The van der Waals surface area contributed by atoms with Gasteiger partial charge in [0.25, 0.3) is 0 Å². The molecular formula is C16H20FNO3. The van der Waals surface area contributed by atoms with Crippen LogP contribution in [0.5, 0.6) is 0 Å².